The van der Waals surface area contributed by atoms with Gasteiger partial charge in [0.2, 0.25) is 0 Å². The van der Waals surface area contributed by atoms with Crippen LogP contribution in [-0.2, 0) is 0 Å². The lowest BCUT2D eigenvalue weighted by Gasteiger charge is -2.10. The van der Waals surface area contributed by atoms with E-state index in [-0.39, 0.29) is 16.6 Å². The van der Waals surface area contributed by atoms with Gasteiger partial charge in [0.1, 0.15) is 10.7 Å². The summed E-state index contributed by atoms with van der Waals surface area (Å²) < 4.78 is 0.808. The molecule has 0 saturated heterocycles. The number of anilines is 1. The lowest BCUT2D eigenvalue weighted by molar-refractivity contribution is 0.102. The quantitative estimate of drug-likeness (QED) is 0.831. The van der Waals surface area contributed by atoms with Crippen LogP contribution in [0.5, 0.6) is 0 Å². The topological polar surface area (TPSA) is 80.9 Å². The highest BCUT2D eigenvalue weighted by molar-refractivity contribution is 9.10. The Morgan fingerprint density at radius 3 is 2.70 bits per heavy atom. The number of hydrogen-bond acceptors (Lipinski definition) is 4. The molecule has 2 aromatic rings. The molecule has 7 heteroatoms. The molecule has 0 bridgehead atoms. The summed E-state index contributed by atoms with van der Waals surface area (Å²) in [6.45, 7) is 1.80. The van der Waals surface area contributed by atoms with Crippen molar-refractivity contribution in [1.29, 1.82) is 0 Å². The Kier molecular flexibility index (Phi) is 4.41. The molecule has 1 aromatic carbocycles. The molecule has 0 unspecified atom stereocenters. The fraction of sp³-hybridized carbons (Fsp3) is 0.0769. The zero-order valence-electron chi connectivity index (χ0n) is 10.6. The van der Waals surface area contributed by atoms with Crippen LogP contribution in [0.2, 0.25) is 0 Å². The van der Waals surface area contributed by atoms with Gasteiger partial charge in [0.05, 0.1) is 17.6 Å². The fourth-order valence-corrected chi connectivity index (χ4v) is 2.07. The number of hydrogen-bond donors (Lipinski definition) is 2. The summed E-state index contributed by atoms with van der Waals surface area (Å²) in [5, 5.41) is 2.73. The number of halogens is 1. The normalized spacial score (nSPS) is 10.1. The van der Waals surface area contributed by atoms with Crippen LogP contribution < -0.4 is 11.1 Å². The second-order valence-corrected chi connectivity index (χ2v) is 5.41. The van der Waals surface area contributed by atoms with Crippen LogP contribution in [-0.4, -0.2) is 20.9 Å². The Morgan fingerprint density at radius 2 is 2.10 bits per heavy atom. The molecule has 1 amide bonds. The summed E-state index contributed by atoms with van der Waals surface area (Å²) in [6.07, 6.45) is 2.95. The van der Waals surface area contributed by atoms with Gasteiger partial charge < -0.3 is 11.1 Å². The lowest BCUT2D eigenvalue weighted by Crippen LogP contribution is -2.18. The molecule has 0 aliphatic carbocycles. The Bertz CT molecular complexity index is 673. The zero-order chi connectivity index (χ0) is 14.7. The molecule has 102 valence electrons. The van der Waals surface area contributed by atoms with Gasteiger partial charge in [-0.25, -0.2) is 4.98 Å². The number of thiocarbonyl (C=S) groups is 1. The summed E-state index contributed by atoms with van der Waals surface area (Å²) in [6, 6.07) is 5.27. The van der Waals surface area contributed by atoms with Crippen LogP contribution in [0.1, 0.15) is 21.7 Å². The number of aromatic nitrogens is 2. The van der Waals surface area contributed by atoms with Crippen molar-refractivity contribution in [2.24, 2.45) is 5.73 Å². The number of carbonyl (C=O) groups excluding carboxylic acids is 1. The van der Waals surface area contributed by atoms with Crippen LogP contribution in [0.3, 0.4) is 0 Å². The summed E-state index contributed by atoms with van der Waals surface area (Å²) in [5.74, 6) is -0.367. The SMILES string of the molecule is Cc1cnc(C(=O)Nc2cc(Br)ccc2C(N)=S)cn1. The van der Waals surface area contributed by atoms with Crippen molar-refractivity contribution in [2.75, 3.05) is 5.32 Å². The molecule has 5 nitrogen and oxygen atoms in total. The molecular formula is C13H11BrN4OS. The molecule has 0 aliphatic rings. The van der Waals surface area contributed by atoms with Crippen molar-refractivity contribution in [1.82, 2.24) is 9.97 Å². The average molecular weight is 351 g/mol. The van der Waals surface area contributed by atoms with Gasteiger partial charge in [-0.1, -0.05) is 28.1 Å². The van der Waals surface area contributed by atoms with E-state index in [1.54, 1.807) is 25.1 Å². The Morgan fingerprint density at radius 1 is 1.35 bits per heavy atom. The second kappa shape index (κ2) is 6.06. The highest BCUT2D eigenvalue weighted by Gasteiger charge is 2.12. The largest absolute Gasteiger partial charge is 0.389 e. The minimum absolute atomic E-state index is 0.211. The van der Waals surface area contributed by atoms with E-state index in [1.807, 2.05) is 0 Å². The number of amides is 1. The molecule has 3 N–H and O–H groups in total. The number of nitrogens with zero attached hydrogens (tertiary/aromatic N) is 2. The zero-order valence-corrected chi connectivity index (χ0v) is 13.0. The van der Waals surface area contributed by atoms with Gasteiger partial charge in [-0.15, -0.1) is 0 Å². The van der Waals surface area contributed by atoms with E-state index < -0.39 is 0 Å². The molecule has 20 heavy (non-hydrogen) atoms. The van der Waals surface area contributed by atoms with Gasteiger partial charge in [0, 0.05) is 16.2 Å². The van der Waals surface area contributed by atoms with E-state index in [0.29, 0.717) is 11.3 Å². The van der Waals surface area contributed by atoms with Crippen LogP contribution in [0.25, 0.3) is 0 Å². The third kappa shape index (κ3) is 3.37. The molecule has 0 saturated carbocycles. The molecule has 0 aliphatic heterocycles. The van der Waals surface area contributed by atoms with E-state index in [4.69, 9.17) is 18.0 Å². The minimum atomic E-state index is -0.367. The first kappa shape index (κ1) is 14.5. The number of rotatable bonds is 3. The fourth-order valence-electron chi connectivity index (χ4n) is 1.53. The monoisotopic (exact) mass is 350 g/mol. The Balaban J connectivity index is 2.29. The van der Waals surface area contributed by atoms with E-state index in [0.717, 1.165) is 10.2 Å². The van der Waals surface area contributed by atoms with Gasteiger partial charge in [-0.05, 0) is 25.1 Å². The summed E-state index contributed by atoms with van der Waals surface area (Å²) in [4.78, 5) is 20.4. The molecule has 0 atom stereocenters. The molecule has 1 heterocycles. The molecule has 2 rings (SSSR count). The average Bonchev–Trinajstić information content (AvgIpc) is 2.39. The number of nitrogens with one attached hydrogen (secondary N) is 1. The lowest BCUT2D eigenvalue weighted by atomic mass is 10.1. The first-order valence-electron chi connectivity index (χ1n) is 5.66. The number of carbonyl (C=O) groups is 1. The minimum Gasteiger partial charge on any atom is -0.389 e. The van der Waals surface area contributed by atoms with Gasteiger partial charge in [-0.2, -0.15) is 0 Å². The van der Waals surface area contributed by atoms with Crippen molar-refractivity contribution in [3.05, 3.63) is 52.0 Å². The Labute approximate surface area is 129 Å². The van der Waals surface area contributed by atoms with Gasteiger partial charge in [0.15, 0.2) is 0 Å². The van der Waals surface area contributed by atoms with Gasteiger partial charge >= 0.3 is 0 Å². The van der Waals surface area contributed by atoms with Crippen molar-refractivity contribution >= 4 is 44.7 Å². The third-order valence-corrected chi connectivity index (χ3v) is 3.22. The first-order chi connectivity index (χ1) is 9.47. The van der Waals surface area contributed by atoms with Crippen molar-refractivity contribution in [2.45, 2.75) is 6.92 Å². The molecule has 0 fully saturated rings. The van der Waals surface area contributed by atoms with Gasteiger partial charge in [0.25, 0.3) is 5.91 Å². The van der Waals surface area contributed by atoms with Crippen LogP contribution in [0.15, 0.2) is 35.1 Å². The highest BCUT2D eigenvalue weighted by atomic mass is 79.9. The van der Waals surface area contributed by atoms with E-state index in [2.05, 4.69) is 31.2 Å². The number of aryl methyl sites for hydroxylation is 1. The standard InChI is InChI=1S/C13H11BrN4OS/c1-7-5-17-11(6-16-7)13(19)18-10-4-8(14)2-3-9(10)12(15)20/h2-6H,1H3,(H2,15,20)(H,18,19). The van der Waals surface area contributed by atoms with Crippen LogP contribution >= 0.6 is 28.1 Å². The molecular weight excluding hydrogens is 340 g/mol. The maximum Gasteiger partial charge on any atom is 0.275 e. The van der Waals surface area contributed by atoms with Crippen LogP contribution in [0, 0.1) is 6.92 Å². The van der Waals surface area contributed by atoms with E-state index in [1.165, 1.54) is 12.4 Å². The Hall–Kier alpha value is -1.86. The van der Waals surface area contributed by atoms with E-state index >= 15 is 0 Å². The molecule has 0 spiro atoms. The van der Waals surface area contributed by atoms with E-state index in [9.17, 15) is 4.79 Å². The number of nitrogens with two attached hydrogens (primary N) is 1. The van der Waals surface area contributed by atoms with Crippen molar-refractivity contribution in [3.63, 3.8) is 0 Å². The van der Waals surface area contributed by atoms with Crippen molar-refractivity contribution in [3.8, 4) is 0 Å². The summed E-state index contributed by atoms with van der Waals surface area (Å²) in [7, 11) is 0. The molecule has 1 aromatic heterocycles. The number of benzene rings is 1. The maximum absolute atomic E-state index is 12.1. The summed E-state index contributed by atoms with van der Waals surface area (Å²) in [5.41, 5.74) is 7.73. The predicted octanol–water partition coefficient (Wildman–Crippen LogP) is 2.43. The first-order valence-corrected chi connectivity index (χ1v) is 6.87. The third-order valence-electron chi connectivity index (χ3n) is 2.51. The molecule has 0 radical (unpaired) electrons. The van der Waals surface area contributed by atoms with Crippen molar-refractivity contribution < 1.29 is 4.79 Å². The maximum atomic E-state index is 12.1. The predicted molar refractivity (Wildman–Crippen MR) is 84.8 cm³/mol. The second-order valence-electron chi connectivity index (χ2n) is 4.05. The van der Waals surface area contributed by atoms with Gasteiger partial charge in [-0.3, -0.25) is 9.78 Å². The van der Waals surface area contributed by atoms with Crippen LogP contribution in [0.4, 0.5) is 5.69 Å². The summed E-state index contributed by atoms with van der Waals surface area (Å²) >= 11 is 8.30. The smallest absolute Gasteiger partial charge is 0.275 e. The highest BCUT2D eigenvalue weighted by Crippen LogP contribution is 2.22.